The highest BCUT2D eigenvalue weighted by molar-refractivity contribution is 4.84. The summed E-state index contributed by atoms with van der Waals surface area (Å²) in [6.07, 6.45) is 5.81. The van der Waals surface area contributed by atoms with Crippen molar-refractivity contribution in [2.24, 2.45) is 5.92 Å². The zero-order valence-corrected chi connectivity index (χ0v) is 8.76. The molecule has 0 unspecified atom stereocenters. The van der Waals surface area contributed by atoms with E-state index in [2.05, 4.69) is 17.1 Å². The van der Waals surface area contributed by atoms with E-state index in [0.29, 0.717) is 0 Å². The summed E-state index contributed by atoms with van der Waals surface area (Å²) in [6.45, 7) is 7.23. The molecule has 76 valence electrons. The van der Waals surface area contributed by atoms with Crippen LogP contribution in [0.3, 0.4) is 0 Å². The monoisotopic (exact) mass is 182 g/mol. The van der Waals surface area contributed by atoms with Gasteiger partial charge in [0.05, 0.1) is 0 Å². The fraction of sp³-hybridized carbons (Fsp3) is 1.00. The molecule has 13 heavy (non-hydrogen) atoms. The molecule has 0 aromatic heterocycles. The lowest BCUT2D eigenvalue weighted by Gasteiger charge is -2.19. The van der Waals surface area contributed by atoms with Gasteiger partial charge in [-0.05, 0) is 44.7 Å². The van der Waals surface area contributed by atoms with E-state index in [-0.39, 0.29) is 0 Å². The number of hydrogen-bond acceptors (Lipinski definition) is 2. The van der Waals surface area contributed by atoms with Crippen LogP contribution in [0.2, 0.25) is 0 Å². The van der Waals surface area contributed by atoms with Gasteiger partial charge in [-0.3, -0.25) is 4.90 Å². The van der Waals surface area contributed by atoms with Gasteiger partial charge in [0.2, 0.25) is 0 Å². The van der Waals surface area contributed by atoms with Crippen molar-refractivity contribution in [1.82, 2.24) is 10.2 Å². The Morgan fingerprint density at radius 1 is 1.23 bits per heavy atom. The second-order valence-corrected chi connectivity index (χ2v) is 4.51. The number of nitrogens with zero attached hydrogens (tertiary/aromatic N) is 1. The van der Waals surface area contributed by atoms with Crippen molar-refractivity contribution in [3.8, 4) is 0 Å². The van der Waals surface area contributed by atoms with Crippen LogP contribution in [0.25, 0.3) is 0 Å². The quantitative estimate of drug-likeness (QED) is 0.600. The van der Waals surface area contributed by atoms with Crippen molar-refractivity contribution in [2.75, 3.05) is 26.2 Å². The predicted octanol–water partition coefficient (Wildman–Crippen LogP) is 1.47. The Hall–Kier alpha value is -0.0800. The zero-order valence-electron chi connectivity index (χ0n) is 8.76. The molecule has 0 atom stereocenters. The van der Waals surface area contributed by atoms with Crippen LogP contribution in [0.1, 0.15) is 32.6 Å². The van der Waals surface area contributed by atoms with Crippen LogP contribution in [0, 0.1) is 5.92 Å². The molecule has 2 aliphatic rings. The van der Waals surface area contributed by atoms with Crippen LogP contribution < -0.4 is 5.32 Å². The molecule has 0 bridgehead atoms. The molecule has 1 N–H and O–H groups in total. The van der Waals surface area contributed by atoms with Crippen molar-refractivity contribution >= 4 is 0 Å². The molecule has 2 nitrogen and oxygen atoms in total. The number of hydrogen-bond donors (Lipinski definition) is 1. The number of nitrogens with one attached hydrogen (secondary N) is 1. The molecular formula is C11H22N2. The SMILES string of the molecule is CCN(CCNCC1CC1)C1CC1. The minimum absolute atomic E-state index is 0.938. The molecular weight excluding hydrogens is 160 g/mol. The third-order valence-corrected chi connectivity index (χ3v) is 3.18. The van der Waals surface area contributed by atoms with Crippen molar-refractivity contribution in [2.45, 2.75) is 38.6 Å². The maximum absolute atomic E-state index is 3.55. The summed E-state index contributed by atoms with van der Waals surface area (Å²) >= 11 is 0. The molecule has 0 amide bonds. The minimum atomic E-state index is 0.938. The van der Waals surface area contributed by atoms with Crippen LogP contribution in [-0.4, -0.2) is 37.1 Å². The Balaban J connectivity index is 1.49. The highest BCUT2D eigenvalue weighted by Crippen LogP contribution is 2.27. The number of rotatable bonds is 7. The topological polar surface area (TPSA) is 15.3 Å². The van der Waals surface area contributed by atoms with Crippen molar-refractivity contribution in [3.63, 3.8) is 0 Å². The van der Waals surface area contributed by atoms with Crippen LogP contribution in [-0.2, 0) is 0 Å². The highest BCUT2D eigenvalue weighted by atomic mass is 15.2. The second kappa shape index (κ2) is 4.43. The van der Waals surface area contributed by atoms with E-state index in [1.807, 2.05) is 0 Å². The second-order valence-electron chi connectivity index (χ2n) is 4.51. The first-order valence-electron chi connectivity index (χ1n) is 5.85. The summed E-state index contributed by atoms with van der Waals surface area (Å²) in [4.78, 5) is 2.61. The molecule has 2 heteroatoms. The minimum Gasteiger partial charge on any atom is -0.315 e. The maximum Gasteiger partial charge on any atom is 0.0110 e. The molecule has 0 heterocycles. The summed E-state index contributed by atoms with van der Waals surface area (Å²) in [5.41, 5.74) is 0. The lowest BCUT2D eigenvalue weighted by Crippen LogP contribution is -2.34. The first-order valence-corrected chi connectivity index (χ1v) is 5.85. The third kappa shape index (κ3) is 3.28. The largest absolute Gasteiger partial charge is 0.315 e. The summed E-state index contributed by atoms with van der Waals surface area (Å²) in [5.74, 6) is 1.02. The van der Waals surface area contributed by atoms with E-state index in [1.165, 1.54) is 51.9 Å². The van der Waals surface area contributed by atoms with Gasteiger partial charge in [0.15, 0.2) is 0 Å². The Kier molecular flexibility index (Phi) is 3.23. The van der Waals surface area contributed by atoms with E-state index < -0.39 is 0 Å². The average molecular weight is 182 g/mol. The zero-order chi connectivity index (χ0) is 9.10. The van der Waals surface area contributed by atoms with E-state index in [4.69, 9.17) is 0 Å². The lowest BCUT2D eigenvalue weighted by atomic mass is 10.4. The van der Waals surface area contributed by atoms with E-state index in [9.17, 15) is 0 Å². The molecule has 0 saturated heterocycles. The first-order chi connectivity index (χ1) is 6.40. The van der Waals surface area contributed by atoms with Gasteiger partial charge >= 0.3 is 0 Å². The maximum atomic E-state index is 3.55. The van der Waals surface area contributed by atoms with Crippen LogP contribution >= 0.6 is 0 Å². The summed E-state index contributed by atoms with van der Waals surface area (Å²) in [6, 6.07) is 0.938. The molecule has 0 radical (unpaired) electrons. The van der Waals surface area contributed by atoms with E-state index >= 15 is 0 Å². The van der Waals surface area contributed by atoms with Gasteiger partial charge in [-0.15, -0.1) is 0 Å². The smallest absolute Gasteiger partial charge is 0.0110 e. The fourth-order valence-corrected chi connectivity index (χ4v) is 1.89. The van der Waals surface area contributed by atoms with E-state index in [0.717, 1.165) is 12.0 Å². The van der Waals surface area contributed by atoms with Gasteiger partial charge in [-0.1, -0.05) is 6.92 Å². The fourth-order valence-electron chi connectivity index (χ4n) is 1.89. The van der Waals surface area contributed by atoms with Crippen molar-refractivity contribution in [1.29, 1.82) is 0 Å². The van der Waals surface area contributed by atoms with Gasteiger partial charge in [-0.25, -0.2) is 0 Å². The summed E-state index contributed by atoms with van der Waals surface area (Å²) in [5, 5.41) is 3.55. The molecule has 0 aliphatic heterocycles. The molecule has 0 aromatic rings. The van der Waals surface area contributed by atoms with Gasteiger partial charge in [0, 0.05) is 19.1 Å². The van der Waals surface area contributed by atoms with E-state index in [1.54, 1.807) is 0 Å². The predicted molar refractivity (Wildman–Crippen MR) is 55.9 cm³/mol. The van der Waals surface area contributed by atoms with Gasteiger partial charge < -0.3 is 5.32 Å². The molecule has 2 saturated carbocycles. The van der Waals surface area contributed by atoms with Crippen LogP contribution in [0.5, 0.6) is 0 Å². The Bertz CT molecular complexity index is 150. The molecule has 2 rings (SSSR count). The molecule has 2 fully saturated rings. The van der Waals surface area contributed by atoms with Gasteiger partial charge in [-0.2, -0.15) is 0 Å². The third-order valence-electron chi connectivity index (χ3n) is 3.18. The Morgan fingerprint density at radius 3 is 2.54 bits per heavy atom. The highest BCUT2D eigenvalue weighted by Gasteiger charge is 2.27. The summed E-state index contributed by atoms with van der Waals surface area (Å²) in [7, 11) is 0. The Labute approximate surface area is 81.7 Å². The van der Waals surface area contributed by atoms with Gasteiger partial charge in [0.1, 0.15) is 0 Å². The van der Waals surface area contributed by atoms with Crippen molar-refractivity contribution in [3.05, 3.63) is 0 Å². The summed E-state index contributed by atoms with van der Waals surface area (Å²) < 4.78 is 0. The Morgan fingerprint density at radius 2 is 2.00 bits per heavy atom. The normalized spacial score (nSPS) is 22.6. The molecule has 0 spiro atoms. The standard InChI is InChI=1S/C11H22N2/c1-2-13(11-5-6-11)8-7-12-9-10-3-4-10/h10-12H,2-9H2,1H3. The van der Waals surface area contributed by atoms with Crippen LogP contribution in [0.15, 0.2) is 0 Å². The molecule has 2 aliphatic carbocycles. The van der Waals surface area contributed by atoms with Gasteiger partial charge in [0.25, 0.3) is 0 Å². The average Bonchev–Trinajstić information content (AvgIpc) is 2.99. The van der Waals surface area contributed by atoms with Crippen LogP contribution in [0.4, 0.5) is 0 Å². The first kappa shape index (κ1) is 9.47. The van der Waals surface area contributed by atoms with Crippen molar-refractivity contribution < 1.29 is 0 Å². The lowest BCUT2D eigenvalue weighted by molar-refractivity contribution is 0.277. The molecule has 0 aromatic carbocycles. The number of likely N-dealkylation sites (N-methyl/N-ethyl adjacent to an activating group) is 1.